The summed E-state index contributed by atoms with van der Waals surface area (Å²) in [5.74, 6) is -0.771. The second-order valence-electron chi connectivity index (χ2n) is 4.20. The van der Waals surface area contributed by atoms with Crippen LogP contribution in [0.3, 0.4) is 0 Å². The second-order valence-corrected chi connectivity index (χ2v) is 4.20. The van der Waals surface area contributed by atoms with E-state index >= 15 is 0 Å². The molecule has 0 radical (unpaired) electrons. The van der Waals surface area contributed by atoms with Crippen molar-refractivity contribution >= 4 is 5.97 Å². The number of benzene rings is 1. The number of carbonyl (C=O) groups is 1. The van der Waals surface area contributed by atoms with Gasteiger partial charge in [0.15, 0.2) is 0 Å². The molecule has 0 aromatic heterocycles. The summed E-state index contributed by atoms with van der Waals surface area (Å²) >= 11 is 0. The molecule has 0 heterocycles. The molecule has 1 aromatic rings. The Morgan fingerprint density at radius 1 is 1.53 bits per heavy atom. The number of ether oxygens (including phenoxy) is 1. The van der Waals surface area contributed by atoms with Crippen molar-refractivity contribution in [1.82, 2.24) is 4.90 Å². The van der Waals surface area contributed by atoms with Crippen molar-refractivity contribution in [2.75, 3.05) is 20.2 Å². The van der Waals surface area contributed by atoms with Gasteiger partial charge < -0.3 is 4.74 Å². The predicted molar refractivity (Wildman–Crippen MR) is 68.7 cm³/mol. The van der Waals surface area contributed by atoms with Gasteiger partial charge in [-0.15, -0.1) is 0 Å². The first-order valence-corrected chi connectivity index (χ1v) is 6.08. The standard InChI is InChI=1S/C14H17FN2O2/c1-3-6-17(10-14(18)19-2)9-12-5-4-11(8-16)7-13(12)15/h4-5,7H,3,6,9-10H2,1-2H3. The van der Waals surface area contributed by atoms with Crippen LogP contribution in [-0.2, 0) is 16.1 Å². The lowest BCUT2D eigenvalue weighted by Gasteiger charge is -2.20. The zero-order valence-electron chi connectivity index (χ0n) is 11.1. The van der Waals surface area contributed by atoms with Crippen LogP contribution < -0.4 is 0 Å². The van der Waals surface area contributed by atoms with Crippen LogP contribution in [0.5, 0.6) is 0 Å². The largest absolute Gasteiger partial charge is 0.468 e. The number of esters is 1. The number of hydrogen-bond donors (Lipinski definition) is 0. The molecule has 19 heavy (non-hydrogen) atoms. The summed E-state index contributed by atoms with van der Waals surface area (Å²) in [5, 5.41) is 8.68. The van der Waals surface area contributed by atoms with E-state index in [1.165, 1.54) is 13.2 Å². The molecule has 0 aliphatic carbocycles. The maximum Gasteiger partial charge on any atom is 0.319 e. The maximum absolute atomic E-state index is 13.8. The highest BCUT2D eigenvalue weighted by atomic mass is 19.1. The Morgan fingerprint density at radius 2 is 2.26 bits per heavy atom. The van der Waals surface area contributed by atoms with Gasteiger partial charge in [-0.2, -0.15) is 5.26 Å². The van der Waals surface area contributed by atoms with Crippen LogP contribution in [0.1, 0.15) is 24.5 Å². The molecule has 0 amide bonds. The molecule has 0 saturated carbocycles. The van der Waals surface area contributed by atoms with E-state index in [-0.39, 0.29) is 18.1 Å². The molecule has 0 saturated heterocycles. The average molecular weight is 264 g/mol. The third kappa shape index (κ3) is 4.68. The summed E-state index contributed by atoms with van der Waals surface area (Å²) in [7, 11) is 1.33. The number of rotatable bonds is 6. The minimum absolute atomic E-state index is 0.129. The quantitative estimate of drug-likeness (QED) is 0.738. The first kappa shape index (κ1) is 15.1. The van der Waals surface area contributed by atoms with Gasteiger partial charge in [-0.1, -0.05) is 13.0 Å². The van der Waals surface area contributed by atoms with Gasteiger partial charge in [0.25, 0.3) is 0 Å². The van der Waals surface area contributed by atoms with Crippen LogP contribution >= 0.6 is 0 Å². The van der Waals surface area contributed by atoms with Gasteiger partial charge in [-0.3, -0.25) is 9.69 Å². The fourth-order valence-corrected chi connectivity index (χ4v) is 1.76. The fourth-order valence-electron chi connectivity index (χ4n) is 1.76. The summed E-state index contributed by atoms with van der Waals surface area (Å²) < 4.78 is 18.4. The van der Waals surface area contributed by atoms with Gasteiger partial charge in [0, 0.05) is 12.1 Å². The van der Waals surface area contributed by atoms with Crippen molar-refractivity contribution < 1.29 is 13.9 Å². The molecule has 0 fully saturated rings. The number of nitrogens with zero attached hydrogens (tertiary/aromatic N) is 2. The minimum atomic E-state index is -0.426. The third-order valence-electron chi connectivity index (χ3n) is 2.70. The molecular weight excluding hydrogens is 247 g/mol. The van der Waals surface area contributed by atoms with Crippen molar-refractivity contribution in [3.05, 3.63) is 35.1 Å². The van der Waals surface area contributed by atoms with Gasteiger partial charge >= 0.3 is 5.97 Å². The Bertz CT molecular complexity index is 483. The van der Waals surface area contributed by atoms with Crippen LogP contribution in [0.25, 0.3) is 0 Å². The number of halogens is 1. The molecule has 5 heteroatoms. The van der Waals surface area contributed by atoms with Gasteiger partial charge in [0.05, 0.1) is 25.3 Å². The summed E-state index contributed by atoms with van der Waals surface area (Å²) in [4.78, 5) is 13.1. The van der Waals surface area contributed by atoms with Crippen molar-refractivity contribution in [2.45, 2.75) is 19.9 Å². The second kappa shape index (κ2) is 7.49. The average Bonchev–Trinajstić information content (AvgIpc) is 2.41. The van der Waals surface area contributed by atoms with Crippen LogP contribution in [0.2, 0.25) is 0 Å². The number of methoxy groups -OCH3 is 1. The number of nitriles is 1. The lowest BCUT2D eigenvalue weighted by Crippen LogP contribution is -2.31. The van der Waals surface area contributed by atoms with Crippen molar-refractivity contribution in [1.29, 1.82) is 5.26 Å². The van der Waals surface area contributed by atoms with Crippen LogP contribution in [0.15, 0.2) is 18.2 Å². The fraction of sp³-hybridized carbons (Fsp3) is 0.429. The predicted octanol–water partition coefficient (Wildman–Crippen LogP) is 2.08. The highest BCUT2D eigenvalue weighted by Gasteiger charge is 2.13. The van der Waals surface area contributed by atoms with Crippen LogP contribution in [-0.4, -0.2) is 31.1 Å². The highest BCUT2D eigenvalue weighted by Crippen LogP contribution is 2.13. The van der Waals surface area contributed by atoms with Gasteiger partial charge in [0.2, 0.25) is 0 Å². The lowest BCUT2D eigenvalue weighted by molar-refractivity contribution is -0.142. The summed E-state index contributed by atoms with van der Waals surface area (Å²) in [6, 6.07) is 6.24. The summed E-state index contributed by atoms with van der Waals surface area (Å²) in [6.45, 7) is 3.11. The topological polar surface area (TPSA) is 53.3 Å². The Kier molecular flexibility index (Phi) is 5.97. The molecule has 0 aliphatic rings. The van der Waals surface area contributed by atoms with Crippen molar-refractivity contribution in [3.8, 4) is 6.07 Å². The minimum Gasteiger partial charge on any atom is -0.468 e. The smallest absolute Gasteiger partial charge is 0.319 e. The molecule has 0 atom stereocenters. The third-order valence-corrected chi connectivity index (χ3v) is 2.70. The molecule has 4 nitrogen and oxygen atoms in total. The van der Waals surface area contributed by atoms with E-state index in [4.69, 9.17) is 5.26 Å². The van der Waals surface area contributed by atoms with E-state index < -0.39 is 5.82 Å². The van der Waals surface area contributed by atoms with E-state index in [1.807, 2.05) is 17.9 Å². The van der Waals surface area contributed by atoms with Crippen LogP contribution in [0.4, 0.5) is 4.39 Å². The van der Waals surface area contributed by atoms with Crippen molar-refractivity contribution in [2.24, 2.45) is 0 Å². The van der Waals surface area contributed by atoms with Crippen LogP contribution in [0, 0.1) is 17.1 Å². The highest BCUT2D eigenvalue weighted by molar-refractivity contribution is 5.71. The maximum atomic E-state index is 13.8. The molecule has 0 bridgehead atoms. The first-order valence-electron chi connectivity index (χ1n) is 6.08. The monoisotopic (exact) mass is 264 g/mol. The van der Waals surface area contributed by atoms with E-state index in [0.29, 0.717) is 18.7 Å². The molecule has 0 spiro atoms. The SMILES string of the molecule is CCCN(CC(=O)OC)Cc1ccc(C#N)cc1F. The zero-order valence-corrected chi connectivity index (χ0v) is 11.1. The van der Waals surface area contributed by atoms with E-state index in [2.05, 4.69) is 4.74 Å². The number of hydrogen-bond acceptors (Lipinski definition) is 4. The van der Waals surface area contributed by atoms with Gasteiger partial charge in [0.1, 0.15) is 5.82 Å². The zero-order chi connectivity index (χ0) is 14.3. The Balaban J connectivity index is 2.78. The Labute approximate surface area is 112 Å². The lowest BCUT2D eigenvalue weighted by atomic mass is 10.1. The van der Waals surface area contributed by atoms with Gasteiger partial charge in [-0.05, 0) is 25.1 Å². The molecule has 1 rings (SSSR count). The Morgan fingerprint density at radius 3 is 2.79 bits per heavy atom. The summed E-state index contributed by atoms with van der Waals surface area (Å²) in [6.07, 6.45) is 0.856. The molecular formula is C14H17FN2O2. The van der Waals surface area contributed by atoms with E-state index in [9.17, 15) is 9.18 Å². The molecule has 0 unspecified atom stereocenters. The molecule has 102 valence electrons. The van der Waals surface area contributed by atoms with Crippen molar-refractivity contribution in [3.63, 3.8) is 0 Å². The molecule has 0 aliphatic heterocycles. The van der Waals surface area contributed by atoms with E-state index in [0.717, 1.165) is 6.42 Å². The number of carbonyl (C=O) groups excluding carboxylic acids is 1. The normalized spacial score (nSPS) is 10.3. The van der Waals surface area contributed by atoms with E-state index in [1.54, 1.807) is 12.1 Å². The Hall–Kier alpha value is -1.93. The first-order chi connectivity index (χ1) is 9.10. The molecule has 0 N–H and O–H groups in total. The van der Waals surface area contributed by atoms with Gasteiger partial charge in [-0.25, -0.2) is 4.39 Å². The molecule has 1 aromatic carbocycles. The summed E-state index contributed by atoms with van der Waals surface area (Å²) in [5.41, 5.74) is 0.757.